The molecule has 2 heterocycles. The fourth-order valence-corrected chi connectivity index (χ4v) is 6.68. The van der Waals surface area contributed by atoms with Crippen LogP contribution in [0.15, 0.2) is 65.7 Å². The number of nitrogens with two attached hydrogens (primary N) is 1. The highest BCUT2D eigenvalue weighted by molar-refractivity contribution is 8.01. The normalized spacial score (nSPS) is 13.3. The molecule has 12 nitrogen and oxygen atoms in total. The Morgan fingerprint density at radius 2 is 1.66 bits per heavy atom. The molecule has 1 aromatic heterocycles. The quantitative estimate of drug-likeness (QED) is 0.184. The maximum absolute atomic E-state index is 12.6. The van der Waals surface area contributed by atoms with E-state index >= 15 is 0 Å². The Bertz CT molecular complexity index is 1450. The Labute approximate surface area is 246 Å². The number of hydrogen-bond acceptors (Lipinski definition) is 12. The van der Waals surface area contributed by atoms with E-state index in [9.17, 15) is 18.0 Å². The van der Waals surface area contributed by atoms with Gasteiger partial charge in [0.15, 0.2) is 9.84 Å². The molecule has 0 aliphatic carbocycles. The van der Waals surface area contributed by atoms with Crippen LogP contribution in [0.25, 0.3) is 0 Å². The Hall–Kier alpha value is -3.50. The number of hydrazine groups is 2. The molecule has 0 unspecified atom stereocenters. The van der Waals surface area contributed by atoms with Crippen molar-refractivity contribution in [3.63, 3.8) is 0 Å². The largest absolute Gasteiger partial charge is 0.492 e. The van der Waals surface area contributed by atoms with Gasteiger partial charge in [-0.2, -0.15) is 0 Å². The minimum absolute atomic E-state index is 0.0483. The maximum Gasteiger partial charge on any atom is 0.240 e. The van der Waals surface area contributed by atoms with Crippen molar-refractivity contribution in [2.45, 2.75) is 25.7 Å². The number of carbonyl (C=O) groups excluding carboxylic acids is 2. The number of nitrogens with zero attached hydrogens (tertiary/aromatic N) is 3. The van der Waals surface area contributed by atoms with Gasteiger partial charge in [-0.15, -0.1) is 10.2 Å². The van der Waals surface area contributed by atoms with E-state index < -0.39 is 9.84 Å². The topological polar surface area (TPSA) is 169 Å². The van der Waals surface area contributed by atoms with Gasteiger partial charge in [0.25, 0.3) is 0 Å². The lowest BCUT2D eigenvalue weighted by atomic mass is 10.1. The second-order valence-electron chi connectivity index (χ2n) is 8.98. The number of carbonyl (C=O) groups is 2. The number of anilines is 1. The number of rotatable bonds is 15. The maximum atomic E-state index is 12.6. The molecule has 5 N–H and O–H groups in total. The van der Waals surface area contributed by atoms with Crippen LogP contribution in [0.1, 0.15) is 22.6 Å². The molecule has 2 amide bonds. The molecule has 0 saturated carbocycles. The molecule has 15 heteroatoms. The molecule has 0 saturated heterocycles. The van der Waals surface area contributed by atoms with Crippen molar-refractivity contribution < 1.29 is 22.7 Å². The predicted molar refractivity (Wildman–Crippen MR) is 159 cm³/mol. The smallest absolute Gasteiger partial charge is 0.240 e. The zero-order valence-corrected chi connectivity index (χ0v) is 24.6. The first-order valence-electron chi connectivity index (χ1n) is 12.8. The average molecular weight is 618 g/mol. The molecule has 4 rings (SSSR count). The number of allylic oxidation sites excluding steroid dienone is 1. The zero-order chi connectivity index (χ0) is 29.1. The first kappa shape index (κ1) is 30.5. The minimum atomic E-state index is -3.37. The van der Waals surface area contributed by atoms with Gasteiger partial charge in [0.1, 0.15) is 17.4 Å². The predicted octanol–water partition coefficient (Wildman–Crippen LogP) is 1.99. The van der Waals surface area contributed by atoms with E-state index in [4.69, 9.17) is 10.5 Å². The summed E-state index contributed by atoms with van der Waals surface area (Å²) in [4.78, 5) is 25.4. The third kappa shape index (κ3) is 10.4. The average Bonchev–Trinajstić information content (AvgIpc) is 3.60. The Kier molecular flexibility index (Phi) is 11.1. The van der Waals surface area contributed by atoms with Crippen LogP contribution >= 0.6 is 23.3 Å². The summed E-state index contributed by atoms with van der Waals surface area (Å²) >= 11 is 2.38. The number of aromatic nitrogens is 2. The number of ether oxygens (including phenoxy) is 1. The van der Waals surface area contributed by atoms with Crippen LogP contribution in [0.3, 0.4) is 0 Å². The minimum Gasteiger partial charge on any atom is -0.492 e. The molecule has 0 radical (unpaired) electrons. The lowest BCUT2D eigenvalue weighted by Crippen LogP contribution is -2.42. The second-order valence-corrected chi connectivity index (χ2v) is 13.4. The summed E-state index contributed by atoms with van der Waals surface area (Å²) in [7, 11) is -3.37. The Morgan fingerprint density at radius 3 is 2.41 bits per heavy atom. The monoisotopic (exact) mass is 617 g/mol. The van der Waals surface area contributed by atoms with E-state index in [0.29, 0.717) is 35.5 Å². The number of sulfone groups is 1. The van der Waals surface area contributed by atoms with Crippen LogP contribution in [0.4, 0.5) is 5.13 Å². The van der Waals surface area contributed by atoms with E-state index in [1.165, 1.54) is 16.5 Å². The van der Waals surface area contributed by atoms with Crippen molar-refractivity contribution in [3.8, 4) is 5.75 Å². The summed E-state index contributed by atoms with van der Waals surface area (Å²) < 4.78 is 32.1. The lowest BCUT2D eigenvalue weighted by molar-refractivity contribution is -0.123. The van der Waals surface area contributed by atoms with E-state index in [1.807, 2.05) is 42.5 Å². The molecular formula is C26H31N7O5S3. The van der Waals surface area contributed by atoms with Gasteiger partial charge in [-0.05, 0) is 41.6 Å². The molecule has 0 spiro atoms. The number of benzene rings is 2. The molecule has 218 valence electrons. The standard InChI is InChI=1S/C26H31N7O5S3/c27-12-13-38-21-8-6-20(7-9-21)17-24(35)32-33-28-18-22(40-33)10-14-41(36,37)15-11-25-30-31-26(39-25)29-23(34)16-19-4-2-1-3-5-19/h1-9,18,28H,10-17,27H2,(H,32,35)(H,29,31,34). The fourth-order valence-electron chi connectivity index (χ4n) is 3.64. The summed E-state index contributed by atoms with van der Waals surface area (Å²) in [5, 5.41) is 11.5. The summed E-state index contributed by atoms with van der Waals surface area (Å²) in [6, 6.07) is 16.5. The van der Waals surface area contributed by atoms with Gasteiger partial charge >= 0.3 is 0 Å². The van der Waals surface area contributed by atoms with E-state index in [-0.39, 0.29) is 42.6 Å². The Morgan fingerprint density at radius 1 is 0.951 bits per heavy atom. The highest BCUT2D eigenvalue weighted by Gasteiger charge is 2.21. The first-order valence-corrected chi connectivity index (χ1v) is 16.2. The van der Waals surface area contributed by atoms with Crippen molar-refractivity contribution in [3.05, 3.63) is 81.8 Å². The molecule has 1 aliphatic rings. The Balaban J connectivity index is 1.13. The van der Waals surface area contributed by atoms with Crippen LogP contribution in [0.2, 0.25) is 0 Å². The molecule has 3 aromatic rings. The zero-order valence-electron chi connectivity index (χ0n) is 22.1. The van der Waals surface area contributed by atoms with Gasteiger partial charge in [0, 0.05) is 24.1 Å². The van der Waals surface area contributed by atoms with Crippen LogP contribution in [0.5, 0.6) is 5.75 Å². The highest BCUT2D eigenvalue weighted by atomic mass is 32.2. The summed E-state index contributed by atoms with van der Waals surface area (Å²) in [6.07, 6.45) is 2.56. The highest BCUT2D eigenvalue weighted by Crippen LogP contribution is 2.26. The van der Waals surface area contributed by atoms with Gasteiger partial charge in [-0.3, -0.25) is 20.4 Å². The van der Waals surface area contributed by atoms with Crippen molar-refractivity contribution >= 4 is 50.1 Å². The van der Waals surface area contributed by atoms with Crippen molar-refractivity contribution in [2.75, 3.05) is 30.0 Å². The van der Waals surface area contributed by atoms with E-state index in [0.717, 1.165) is 27.4 Å². The number of nitrogens with one attached hydrogen (secondary N) is 3. The van der Waals surface area contributed by atoms with Crippen LogP contribution in [-0.2, 0) is 38.7 Å². The summed E-state index contributed by atoms with van der Waals surface area (Å²) in [5.74, 6) is 0.122. The molecular weight excluding hydrogens is 587 g/mol. The van der Waals surface area contributed by atoms with E-state index in [1.54, 1.807) is 18.3 Å². The molecule has 0 bridgehead atoms. The number of hydrogen-bond donors (Lipinski definition) is 4. The van der Waals surface area contributed by atoms with Gasteiger partial charge in [-0.25, -0.2) is 8.42 Å². The molecule has 41 heavy (non-hydrogen) atoms. The van der Waals surface area contributed by atoms with Gasteiger partial charge in [0.05, 0.1) is 24.3 Å². The van der Waals surface area contributed by atoms with Crippen LogP contribution in [0, 0.1) is 0 Å². The van der Waals surface area contributed by atoms with Crippen LogP contribution < -0.4 is 26.6 Å². The van der Waals surface area contributed by atoms with Gasteiger partial charge in [-0.1, -0.05) is 58.3 Å². The summed E-state index contributed by atoms with van der Waals surface area (Å²) in [6.45, 7) is 0.852. The SMILES string of the molecule is NCCOc1ccc(CC(=O)NN2NC=C(CCS(=O)(=O)CCc3nnc(NC(=O)Cc4ccccc4)s3)S2)cc1. The van der Waals surface area contributed by atoms with Crippen molar-refractivity contribution in [1.29, 1.82) is 0 Å². The van der Waals surface area contributed by atoms with E-state index in [2.05, 4.69) is 26.4 Å². The number of amides is 2. The molecule has 2 aromatic carbocycles. The summed E-state index contributed by atoms with van der Waals surface area (Å²) in [5.41, 5.74) is 12.8. The fraction of sp³-hybridized carbons (Fsp3) is 0.308. The second kappa shape index (κ2) is 14.9. The lowest BCUT2D eigenvalue weighted by Gasteiger charge is -2.16. The molecule has 0 fully saturated rings. The van der Waals surface area contributed by atoms with Gasteiger partial charge < -0.3 is 15.8 Å². The first-order chi connectivity index (χ1) is 19.8. The molecule has 0 atom stereocenters. The third-order valence-electron chi connectivity index (χ3n) is 5.66. The number of aryl methyl sites for hydroxylation is 1. The van der Waals surface area contributed by atoms with Crippen LogP contribution in [-0.4, -0.2) is 59.6 Å². The van der Waals surface area contributed by atoms with Crippen molar-refractivity contribution in [1.82, 2.24) is 25.6 Å². The third-order valence-corrected chi connectivity index (χ3v) is 9.15. The van der Waals surface area contributed by atoms with Crippen molar-refractivity contribution in [2.24, 2.45) is 5.73 Å². The van der Waals surface area contributed by atoms with Gasteiger partial charge in [0.2, 0.25) is 16.9 Å². The molecule has 1 aliphatic heterocycles.